The predicted molar refractivity (Wildman–Crippen MR) is 155 cm³/mol. The van der Waals surface area contributed by atoms with Crippen molar-refractivity contribution in [3.8, 4) is 11.5 Å². The van der Waals surface area contributed by atoms with Crippen molar-refractivity contribution >= 4 is 21.8 Å². The van der Waals surface area contributed by atoms with E-state index in [2.05, 4.69) is 10.2 Å². The minimum Gasteiger partial charge on any atom is -0.497 e. The summed E-state index contributed by atoms with van der Waals surface area (Å²) in [5, 5.41) is 2.95. The Morgan fingerprint density at radius 3 is 2.14 bits per heavy atom. The molecule has 0 saturated carbocycles. The third kappa shape index (κ3) is 8.65. The zero-order valence-corrected chi connectivity index (χ0v) is 25.0. The number of rotatable bonds is 13. The number of sulfonamides is 1. The highest BCUT2D eigenvalue weighted by molar-refractivity contribution is 7.89. The fraction of sp³-hybridized carbons (Fsp3) is 0.517. The summed E-state index contributed by atoms with van der Waals surface area (Å²) in [4.78, 5) is 30.3. The number of hydrogen-bond acceptors (Lipinski definition) is 9. The summed E-state index contributed by atoms with van der Waals surface area (Å²) in [7, 11) is -2.06. The van der Waals surface area contributed by atoms with Crippen molar-refractivity contribution in [2.24, 2.45) is 0 Å². The Morgan fingerprint density at radius 1 is 0.929 bits per heavy atom. The number of benzene rings is 2. The average molecular weight is 605 g/mol. The Balaban J connectivity index is 1.38. The van der Waals surface area contributed by atoms with E-state index in [1.807, 2.05) is 12.1 Å². The maximum Gasteiger partial charge on any atom is 0.261 e. The maximum absolute atomic E-state index is 13.4. The van der Waals surface area contributed by atoms with E-state index in [0.717, 1.165) is 18.7 Å². The molecule has 0 bridgehead atoms. The van der Waals surface area contributed by atoms with Crippen LogP contribution in [0.3, 0.4) is 0 Å². The Bertz CT molecular complexity index is 1260. The van der Waals surface area contributed by atoms with Crippen LogP contribution in [0.4, 0.5) is 0 Å². The van der Waals surface area contributed by atoms with E-state index in [-0.39, 0.29) is 29.9 Å². The van der Waals surface area contributed by atoms with E-state index < -0.39 is 16.1 Å². The highest BCUT2D eigenvalue weighted by atomic mass is 32.2. The van der Waals surface area contributed by atoms with Gasteiger partial charge in [0, 0.05) is 45.8 Å². The molecule has 1 unspecified atom stereocenters. The normalized spacial score (nSPS) is 17.3. The SMILES string of the molecule is COc1ccc(CN(C(=O)COc2ccc(S(=O)(=O)N3CCOCC3)cc2)C(C)C(=O)NCCN2CCOCC2)cc1. The van der Waals surface area contributed by atoms with Crippen LogP contribution in [-0.2, 0) is 35.6 Å². The smallest absolute Gasteiger partial charge is 0.261 e. The van der Waals surface area contributed by atoms with Gasteiger partial charge in [0.05, 0.1) is 38.4 Å². The number of carbonyl (C=O) groups excluding carboxylic acids is 2. The Kier molecular flexibility index (Phi) is 11.5. The molecule has 0 aromatic heterocycles. The molecule has 0 aliphatic carbocycles. The first kappa shape index (κ1) is 31.7. The fourth-order valence-corrected chi connectivity index (χ4v) is 6.10. The second-order valence-electron chi connectivity index (χ2n) is 10.1. The van der Waals surface area contributed by atoms with Gasteiger partial charge >= 0.3 is 0 Å². The largest absolute Gasteiger partial charge is 0.497 e. The third-order valence-electron chi connectivity index (χ3n) is 7.30. The summed E-state index contributed by atoms with van der Waals surface area (Å²) >= 11 is 0. The minimum atomic E-state index is -3.64. The molecular weight excluding hydrogens is 564 g/mol. The third-order valence-corrected chi connectivity index (χ3v) is 9.22. The van der Waals surface area contributed by atoms with Gasteiger partial charge < -0.3 is 29.2 Å². The molecule has 2 aromatic rings. The van der Waals surface area contributed by atoms with Crippen LogP contribution in [0.5, 0.6) is 11.5 Å². The molecule has 2 fully saturated rings. The molecule has 13 heteroatoms. The van der Waals surface area contributed by atoms with Gasteiger partial charge in [-0.1, -0.05) is 12.1 Å². The van der Waals surface area contributed by atoms with Crippen LogP contribution in [0.15, 0.2) is 53.4 Å². The van der Waals surface area contributed by atoms with Gasteiger partial charge in [-0.25, -0.2) is 8.42 Å². The second kappa shape index (κ2) is 15.3. The van der Waals surface area contributed by atoms with E-state index in [1.165, 1.54) is 33.5 Å². The zero-order chi connectivity index (χ0) is 30.0. The topological polar surface area (TPSA) is 127 Å². The summed E-state index contributed by atoms with van der Waals surface area (Å²) in [6, 6.07) is 12.5. The van der Waals surface area contributed by atoms with Crippen molar-refractivity contribution in [3.05, 3.63) is 54.1 Å². The number of amides is 2. The van der Waals surface area contributed by atoms with E-state index in [4.69, 9.17) is 18.9 Å². The lowest BCUT2D eigenvalue weighted by molar-refractivity contribution is -0.142. The minimum absolute atomic E-state index is 0.145. The number of methoxy groups -OCH3 is 1. The van der Waals surface area contributed by atoms with Gasteiger partial charge in [0.2, 0.25) is 15.9 Å². The van der Waals surface area contributed by atoms with Crippen LogP contribution in [-0.4, -0.2) is 120 Å². The van der Waals surface area contributed by atoms with Gasteiger partial charge in [-0.05, 0) is 48.9 Å². The van der Waals surface area contributed by atoms with E-state index in [1.54, 1.807) is 26.2 Å². The zero-order valence-electron chi connectivity index (χ0n) is 24.2. The number of nitrogens with one attached hydrogen (secondary N) is 1. The number of ether oxygens (including phenoxy) is 4. The van der Waals surface area contributed by atoms with Crippen LogP contribution >= 0.6 is 0 Å². The highest BCUT2D eigenvalue weighted by Crippen LogP contribution is 2.21. The quantitative estimate of drug-likeness (QED) is 0.356. The first-order chi connectivity index (χ1) is 20.3. The molecule has 2 aliphatic rings. The van der Waals surface area contributed by atoms with E-state index in [0.29, 0.717) is 64.1 Å². The van der Waals surface area contributed by atoms with Gasteiger partial charge in [-0.2, -0.15) is 4.31 Å². The van der Waals surface area contributed by atoms with Gasteiger partial charge in [0.1, 0.15) is 17.5 Å². The Morgan fingerprint density at radius 2 is 1.52 bits per heavy atom. The highest BCUT2D eigenvalue weighted by Gasteiger charge is 2.28. The van der Waals surface area contributed by atoms with Crippen LogP contribution < -0.4 is 14.8 Å². The first-order valence-electron chi connectivity index (χ1n) is 14.1. The molecule has 1 atom stereocenters. The van der Waals surface area contributed by atoms with E-state index in [9.17, 15) is 18.0 Å². The first-order valence-corrected chi connectivity index (χ1v) is 15.5. The van der Waals surface area contributed by atoms with Crippen molar-refractivity contribution in [1.82, 2.24) is 19.4 Å². The summed E-state index contributed by atoms with van der Waals surface area (Å²) in [6.45, 7) is 7.07. The molecule has 1 N–H and O–H groups in total. The van der Waals surface area contributed by atoms with Crippen molar-refractivity contribution < 1.29 is 37.0 Å². The van der Waals surface area contributed by atoms with Crippen LogP contribution in [0.25, 0.3) is 0 Å². The molecule has 2 aromatic carbocycles. The van der Waals surface area contributed by atoms with Crippen LogP contribution in [0.1, 0.15) is 12.5 Å². The summed E-state index contributed by atoms with van der Waals surface area (Å²) < 4.78 is 48.7. The van der Waals surface area contributed by atoms with Crippen LogP contribution in [0, 0.1) is 0 Å². The Labute approximate surface area is 247 Å². The average Bonchev–Trinajstić information content (AvgIpc) is 3.03. The lowest BCUT2D eigenvalue weighted by Gasteiger charge is -2.30. The Hall–Kier alpha value is -3.23. The molecule has 2 amide bonds. The molecule has 230 valence electrons. The molecule has 2 heterocycles. The molecular formula is C29H40N4O8S. The van der Waals surface area contributed by atoms with Gasteiger partial charge in [-0.15, -0.1) is 0 Å². The van der Waals surface area contributed by atoms with Crippen molar-refractivity contribution in [2.45, 2.75) is 24.4 Å². The molecule has 12 nitrogen and oxygen atoms in total. The number of nitrogens with zero attached hydrogens (tertiary/aromatic N) is 3. The lowest BCUT2D eigenvalue weighted by atomic mass is 10.1. The summed E-state index contributed by atoms with van der Waals surface area (Å²) in [5.74, 6) is 0.388. The predicted octanol–water partition coefficient (Wildman–Crippen LogP) is 0.961. The van der Waals surface area contributed by atoms with Gasteiger partial charge in [0.25, 0.3) is 5.91 Å². The second-order valence-corrected chi connectivity index (χ2v) is 12.0. The number of morpholine rings is 2. The standard InChI is InChI=1S/C29H40N4O8S/c1-23(29(35)30-11-12-31-13-17-39-18-14-31)33(21-24-3-5-25(38-2)6-4-24)28(34)22-41-26-7-9-27(10-8-26)42(36,37)32-15-19-40-20-16-32/h3-10,23H,11-22H2,1-2H3,(H,30,35). The van der Waals surface area contributed by atoms with Gasteiger partial charge in [0.15, 0.2) is 6.61 Å². The van der Waals surface area contributed by atoms with Crippen molar-refractivity contribution in [3.63, 3.8) is 0 Å². The molecule has 0 radical (unpaired) electrons. The number of hydrogen-bond donors (Lipinski definition) is 1. The van der Waals surface area contributed by atoms with E-state index >= 15 is 0 Å². The van der Waals surface area contributed by atoms with Crippen molar-refractivity contribution in [2.75, 3.05) is 79.4 Å². The van der Waals surface area contributed by atoms with Crippen LogP contribution in [0.2, 0.25) is 0 Å². The summed E-state index contributed by atoms with van der Waals surface area (Å²) in [6.07, 6.45) is 0. The fourth-order valence-electron chi connectivity index (χ4n) is 4.69. The number of carbonyl (C=O) groups is 2. The summed E-state index contributed by atoms with van der Waals surface area (Å²) in [5.41, 5.74) is 0.829. The van der Waals surface area contributed by atoms with Gasteiger partial charge in [-0.3, -0.25) is 14.5 Å². The molecule has 42 heavy (non-hydrogen) atoms. The van der Waals surface area contributed by atoms with Crippen molar-refractivity contribution in [1.29, 1.82) is 0 Å². The lowest BCUT2D eigenvalue weighted by Crippen LogP contribution is -2.50. The maximum atomic E-state index is 13.4. The molecule has 0 spiro atoms. The molecule has 2 saturated heterocycles. The molecule has 2 aliphatic heterocycles. The molecule has 4 rings (SSSR count). The monoisotopic (exact) mass is 604 g/mol.